The van der Waals surface area contributed by atoms with E-state index in [1.54, 1.807) is 0 Å². The fraction of sp³-hybridized carbons (Fsp3) is 0.333. The van der Waals surface area contributed by atoms with Crippen molar-refractivity contribution in [1.82, 2.24) is 5.32 Å². The summed E-state index contributed by atoms with van der Waals surface area (Å²) in [5.41, 5.74) is 11.9. The fourth-order valence-corrected chi connectivity index (χ4v) is 3.01. The average molecular weight is 282 g/mol. The van der Waals surface area contributed by atoms with Crippen molar-refractivity contribution < 1.29 is 4.74 Å². The molecule has 0 saturated heterocycles. The van der Waals surface area contributed by atoms with E-state index < -0.39 is 0 Å². The van der Waals surface area contributed by atoms with Gasteiger partial charge in [-0.05, 0) is 48.4 Å². The number of ether oxygens (including phenoxy) is 1. The molecule has 1 aliphatic heterocycles. The van der Waals surface area contributed by atoms with Crippen molar-refractivity contribution in [2.24, 2.45) is 5.73 Å². The molecule has 0 bridgehead atoms. The van der Waals surface area contributed by atoms with E-state index in [1.807, 2.05) is 7.05 Å². The van der Waals surface area contributed by atoms with Gasteiger partial charge in [-0.1, -0.05) is 24.3 Å². The van der Waals surface area contributed by atoms with Crippen molar-refractivity contribution in [3.63, 3.8) is 0 Å². The minimum Gasteiger partial charge on any atom is -0.488 e. The third-order valence-corrected chi connectivity index (χ3v) is 3.95. The predicted octanol–water partition coefficient (Wildman–Crippen LogP) is 2.64. The normalized spacial score (nSPS) is 16.6. The van der Waals surface area contributed by atoms with Gasteiger partial charge >= 0.3 is 0 Å². The quantitative estimate of drug-likeness (QED) is 0.906. The number of nitrogens with one attached hydrogen (secondary N) is 1. The van der Waals surface area contributed by atoms with Crippen LogP contribution in [0.2, 0.25) is 0 Å². The molecule has 2 aromatic carbocycles. The number of likely N-dealkylation sites (N-methyl/N-ethyl adjacent to an activating group) is 1. The lowest BCUT2D eigenvalue weighted by molar-refractivity contribution is 0.232. The molecule has 0 radical (unpaired) electrons. The fourth-order valence-electron chi connectivity index (χ4n) is 3.01. The maximum Gasteiger partial charge on any atom is 0.130 e. The molecule has 1 atom stereocenters. The van der Waals surface area contributed by atoms with Gasteiger partial charge in [-0.25, -0.2) is 0 Å². The lowest BCUT2D eigenvalue weighted by Crippen LogP contribution is -2.27. The van der Waals surface area contributed by atoms with Crippen LogP contribution in [0.3, 0.4) is 0 Å². The van der Waals surface area contributed by atoms with Gasteiger partial charge in [0, 0.05) is 25.1 Å². The van der Waals surface area contributed by atoms with Gasteiger partial charge in [0.1, 0.15) is 11.9 Å². The lowest BCUT2D eigenvalue weighted by Gasteiger charge is -2.13. The van der Waals surface area contributed by atoms with E-state index in [2.05, 4.69) is 48.6 Å². The first-order valence-electron chi connectivity index (χ1n) is 7.45. The van der Waals surface area contributed by atoms with Crippen molar-refractivity contribution >= 4 is 0 Å². The number of nitrogens with two attached hydrogens (primary N) is 1. The Morgan fingerprint density at radius 3 is 2.90 bits per heavy atom. The van der Waals surface area contributed by atoms with Crippen LogP contribution < -0.4 is 15.8 Å². The average Bonchev–Trinajstić information content (AvgIpc) is 2.89. The monoisotopic (exact) mass is 282 g/mol. The Balaban J connectivity index is 2.04. The molecule has 3 N–H and O–H groups in total. The van der Waals surface area contributed by atoms with E-state index in [9.17, 15) is 0 Å². The summed E-state index contributed by atoms with van der Waals surface area (Å²) < 4.78 is 6.17. The molecule has 3 rings (SSSR count). The second-order valence-electron chi connectivity index (χ2n) is 5.71. The maximum atomic E-state index is 6.17. The Morgan fingerprint density at radius 2 is 2.14 bits per heavy atom. The van der Waals surface area contributed by atoms with Crippen molar-refractivity contribution in [3.05, 3.63) is 53.1 Å². The molecule has 0 fully saturated rings. The maximum absolute atomic E-state index is 6.17. The zero-order valence-electron chi connectivity index (χ0n) is 12.6. The van der Waals surface area contributed by atoms with Crippen molar-refractivity contribution in [2.45, 2.75) is 26.0 Å². The van der Waals surface area contributed by atoms with Crippen LogP contribution >= 0.6 is 0 Å². The summed E-state index contributed by atoms with van der Waals surface area (Å²) in [6.07, 6.45) is 1.20. The molecule has 3 heteroatoms. The molecule has 2 aromatic rings. The number of aryl methyl sites for hydroxylation is 1. The van der Waals surface area contributed by atoms with Crippen LogP contribution in [0.1, 0.15) is 16.7 Å². The van der Waals surface area contributed by atoms with E-state index in [0.717, 1.165) is 24.3 Å². The Bertz CT molecular complexity index is 652. The molecule has 0 spiro atoms. The summed E-state index contributed by atoms with van der Waals surface area (Å²) in [5.74, 6) is 1.04. The molecule has 0 aliphatic carbocycles. The molecule has 110 valence electrons. The largest absolute Gasteiger partial charge is 0.488 e. The van der Waals surface area contributed by atoms with Crippen LogP contribution in [0.15, 0.2) is 36.4 Å². The third-order valence-electron chi connectivity index (χ3n) is 3.95. The smallest absolute Gasteiger partial charge is 0.130 e. The van der Waals surface area contributed by atoms with Crippen LogP contribution in [0, 0.1) is 6.92 Å². The summed E-state index contributed by atoms with van der Waals surface area (Å²) in [7, 11) is 1.96. The topological polar surface area (TPSA) is 47.3 Å². The second kappa shape index (κ2) is 5.88. The zero-order valence-corrected chi connectivity index (χ0v) is 12.6. The Labute approximate surface area is 126 Å². The molecule has 1 heterocycles. The first-order valence-corrected chi connectivity index (χ1v) is 7.45. The molecule has 21 heavy (non-hydrogen) atoms. The van der Waals surface area contributed by atoms with E-state index in [4.69, 9.17) is 10.5 Å². The highest BCUT2D eigenvalue weighted by atomic mass is 16.5. The number of benzene rings is 2. The van der Waals surface area contributed by atoms with Gasteiger partial charge in [0.2, 0.25) is 0 Å². The SMILES string of the molecule is CNCC1Cc2cc(C)cc(-c3cccc(CN)c3)c2O1. The Hall–Kier alpha value is -1.84. The molecule has 1 aliphatic rings. The molecule has 3 nitrogen and oxygen atoms in total. The minimum atomic E-state index is 0.225. The summed E-state index contributed by atoms with van der Waals surface area (Å²) in [5, 5.41) is 3.20. The molecule has 0 amide bonds. The van der Waals surface area contributed by atoms with E-state index in [1.165, 1.54) is 22.3 Å². The van der Waals surface area contributed by atoms with Crippen molar-refractivity contribution in [3.8, 4) is 16.9 Å². The predicted molar refractivity (Wildman–Crippen MR) is 86.6 cm³/mol. The highest BCUT2D eigenvalue weighted by Gasteiger charge is 2.25. The molecule has 0 aromatic heterocycles. The first kappa shape index (κ1) is 14.1. The zero-order chi connectivity index (χ0) is 14.8. The summed E-state index contributed by atoms with van der Waals surface area (Å²) in [6, 6.07) is 12.8. The Kier molecular flexibility index (Phi) is 3.95. The van der Waals surface area contributed by atoms with E-state index in [0.29, 0.717) is 6.54 Å². The van der Waals surface area contributed by atoms with Crippen LogP contribution in [-0.4, -0.2) is 19.7 Å². The summed E-state index contributed by atoms with van der Waals surface area (Å²) in [6.45, 7) is 3.57. The third kappa shape index (κ3) is 2.80. The number of hydrogen-bond donors (Lipinski definition) is 2. The minimum absolute atomic E-state index is 0.225. The van der Waals surface area contributed by atoms with Gasteiger partial charge in [0.25, 0.3) is 0 Å². The van der Waals surface area contributed by atoms with Crippen molar-refractivity contribution in [2.75, 3.05) is 13.6 Å². The summed E-state index contributed by atoms with van der Waals surface area (Å²) >= 11 is 0. The summed E-state index contributed by atoms with van der Waals surface area (Å²) in [4.78, 5) is 0. The number of hydrogen-bond acceptors (Lipinski definition) is 3. The highest BCUT2D eigenvalue weighted by Crippen LogP contribution is 2.39. The number of fused-ring (bicyclic) bond motifs is 1. The van der Waals surface area contributed by atoms with Gasteiger partial charge < -0.3 is 15.8 Å². The van der Waals surface area contributed by atoms with Gasteiger partial charge in [-0.15, -0.1) is 0 Å². The van der Waals surface area contributed by atoms with E-state index >= 15 is 0 Å². The van der Waals surface area contributed by atoms with Gasteiger partial charge in [0.05, 0.1) is 0 Å². The standard InChI is InChI=1S/C18H22N2O/c1-12-6-15-9-16(11-20-2)21-18(15)17(7-12)14-5-3-4-13(8-14)10-19/h3-8,16,20H,9-11,19H2,1-2H3. The lowest BCUT2D eigenvalue weighted by atomic mass is 9.96. The molecular weight excluding hydrogens is 260 g/mol. The van der Waals surface area contributed by atoms with E-state index in [-0.39, 0.29) is 6.10 Å². The second-order valence-corrected chi connectivity index (χ2v) is 5.71. The molecular formula is C18H22N2O. The Morgan fingerprint density at radius 1 is 1.29 bits per heavy atom. The van der Waals surface area contributed by atoms with Gasteiger partial charge in [-0.3, -0.25) is 0 Å². The van der Waals surface area contributed by atoms with Crippen LogP contribution in [0.5, 0.6) is 5.75 Å². The van der Waals surface area contributed by atoms with Crippen LogP contribution in [-0.2, 0) is 13.0 Å². The highest BCUT2D eigenvalue weighted by molar-refractivity contribution is 5.74. The first-order chi connectivity index (χ1) is 10.2. The van der Waals surface area contributed by atoms with Crippen LogP contribution in [0.25, 0.3) is 11.1 Å². The van der Waals surface area contributed by atoms with Crippen molar-refractivity contribution in [1.29, 1.82) is 0 Å². The molecule has 1 unspecified atom stereocenters. The van der Waals surface area contributed by atoms with Crippen LogP contribution in [0.4, 0.5) is 0 Å². The van der Waals surface area contributed by atoms with Gasteiger partial charge in [0.15, 0.2) is 0 Å². The van der Waals surface area contributed by atoms with Gasteiger partial charge in [-0.2, -0.15) is 0 Å². The number of rotatable bonds is 4. The molecule has 0 saturated carbocycles.